The number of allylic oxidation sites excluding steroid dienone is 1. The molecule has 1 atom stereocenters. The normalized spacial score (nSPS) is 13.5. The van der Waals surface area contributed by atoms with Gasteiger partial charge >= 0.3 is 5.97 Å². The second kappa shape index (κ2) is 11.7. The van der Waals surface area contributed by atoms with E-state index in [0.29, 0.717) is 25.8 Å². The molecule has 0 spiro atoms. The van der Waals surface area contributed by atoms with Crippen LogP contribution < -0.4 is 10.6 Å². The predicted molar refractivity (Wildman–Crippen MR) is 114 cm³/mol. The molecule has 7 nitrogen and oxygen atoms in total. The number of carbonyl (C=O) groups is 2. The van der Waals surface area contributed by atoms with Gasteiger partial charge in [-0.25, -0.2) is 0 Å². The number of benzene rings is 1. The summed E-state index contributed by atoms with van der Waals surface area (Å²) in [6.45, 7) is 1.58. The Morgan fingerprint density at radius 2 is 1.97 bits per heavy atom. The largest absolute Gasteiger partial charge is 0.480 e. The lowest BCUT2D eigenvalue weighted by Gasteiger charge is -2.31. The minimum Gasteiger partial charge on any atom is -0.480 e. The van der Waals surface area contributed by atoms with E-state index in [-0.39, 0.29) is 11.4 Å². The van der Waals surface area contributed by atoms with Crippen molar-refractivity contribution in [1.29, 1.82) is 10.5 Å². The van der Waals surface area contributed by atoms with Gasteiger partial charge < -0.3 is 15.7 Å². The van der Waals surface area contributed by atoms with E-state index in [4.69, 9.17) is 21.4 Å². The maximum atomic E-state index is 12.2. The summed E-state index contributed by atoms with van der Waals surface area (Å²) in [5.74, 6) is -0.761. The van der Waals surface area contributed by atoms with Crippen molar-refractivity contribution in [3.05, 3.63) is 34.9 Å². The highest BCUT2D eigenvalue weighted by Crippen LogP contribution is 2.29. The fourth-order valence-electron chi connectivity index (χ4n) is 3.64. The number of rotatable bonds is 11. The number of aryl methyl sites for hydroxylation is 1. The van der Waals surface area contributed by atoms with Crippen LogP contribution in [-0.2, 0) is 16.0 Å². The SMILES string of the molecule is N#CC(C#N)=Cc1ccc2c(c1)CCCN2CCC(=O)CCCCC[C@@H](N)C(=O)O. The van der Waals surface area contributed by atoms with Gasteiger partial charge in [0.25, 0.3) is 0 Å². The minimum absolute atomic E-state index is 0.0816. The van der Waals surface area contributed by atoms with Crippen LogP contribution in [0.5, 0.6) is 0 Å². The summed E-state index contributed by atoms with van der Waals surface area (Å²) in [4.78, 5) is 25.1. The number of hydrogen-bond acceptors (Lipinski definition) is 6. The Balaban J connectivity index is 1.81. The maximum Gasteiger partial charge on any atom is 0.320 e. The Morgan fingerprint density at radius 1 is 1.20 bits per heavy atom. The second-order valence-electron chi connectivity index (χ2n) is 7.59. The number of carboxylic acids is 1. The highest BCUT2D eigenvalue weighted by molar-refractivity contribution is 5.79. The van der Waals surface area contributed by atoms with E-state index < -0.39 is 12.0 Å². The third-order valence-electron chi connectivity index (χ3n) is 5.32. The van der Waals surface area contributed by atoms with E-state index in [0.717, 1.165) is 49.9 Å². The number of unbranched alkanes of at least 4 members (excludes halogenated alkanes) is 2. The van der Waals surface area contributed by atoms with Crippen molar-refractivity contribution in [2.45, 2.75) is 57.4 Å². The van der Waals surface area contributed by atoms with E-state index in [1.54, 1.807) is 6.08 Å². The molecule has 30 heavy (non-hydrogen) atoms. The van der Waals surface area contributed by atoms with Crippen molar-refractivity contribution in [2.75, 3.05) is 18.0 Å². The zero-order valence-electron chi connectivity index (χ0n) is 17.1. The molecular formula is C23H28N4O3. The molecule has 0 radical (unpaired) electrons. The number of Topliss-reactive ketones (excluding diaryl/α,β-unsaturated/α-hetero) is 1. The van der Waals surface area contributed by atoms with Crippen molar-refractivity contribution >= 4 is 23.5 Å². The first-order valence-electron chi connectivity index (χ1n) is 10.3. The molecule has 0 fully saturated rings. The van der Waals surface area contributed by atoms with E-state index in [2.05, 4.69) is 4.90 Å². The molecule has 0 unspecified atom stereocenters. The van der Waals surface area contributed by atoms with Crippen molar-refractivity contribution in [1.82, 2.24) is 0 Å². The van der Waals surface area contributed by atoms with Gasteiger partial charge in [-0.15, -0.1) is 0 Å². The Kier molecular flexibility index (Phi) is 9.05. The molecule has 2 rings (SSSR count). The van der Waals surface area contributed by atoms with Gasteiger partial charge in [-0.3, -0.25) is 9.59 Å². The summed E-state index contributed by atoms with van der Waals surface area (Å²) in [5.41, 5.74) is 8.68. The number of nitrogens with two attached hydrogens (primary N) is 1. The van der Waals surface area contributed by atoms with Crippen LogP contribution in [0.1, 0.15) is 56.1 Å². The molecule has 1 aliphatic rings. The molecule has 0 saturated carbocycles. The molecular weight excluding hydrogens is 380 g/mol. The van der Waals surface area contributed by atoms with Crippen LogP contribution in [0.3, 0.4) is 0 Å². The van der Waals surface area contributed by atoms with Gasteiger partial charge in [0.1, 0.15) is 29.5 Å². The first-order valence-corrected chi connectivity index (χ1v) is 10.3. The lowest BCUT2D eigenvalue weighted by molar-refractivity contribution is -0.138. The zero-order valence-corrected chi connectivity index (χ0v) is 17.1. The first kappa shape index (κ1) is 23.1. The van der Waals surface area contributed by atoms with E-state index >= 15 is 0 Å². The number of carboxylic acid groups (broad SMARTS) is 1. The Hall–Kier alpha value is -3.16. The van der Waals surface area contributed by atoms with Gasteiger partial charge in [0.05, 0.1) is 0 Å². The van der Waals surface area contributed by atoms with Gasteiger partial charge in [-0.05, 0) is 55.0 Å². The lowest BCUT2D eigenvalue weighted by atomic mass is 9.98. The zero-order chi connectivity index (χ0) is 21.9. The number of anilines is 1. The van der Waals surface area contributed by atoms with Crippen molar-refractivity contribution in [3.63, 3.8) is 0 Å². The topological polar surface area (TPSA) is 131 Å². The summed E-state index contributed by atoms with van der Waals surface area (Å²) >= 11 is 0. The number of ketones is 1. The number of carbonyl (C=O) groups excluding carboxylic acids is 1. The molecule has 0 aromatic heterocycles. The highest BCUT2D eigenvalue weighted by Gasteiger charge is 2.18. The van der Waals surface area contributed by atoms with Crippen molar-refractivity contribution in [3.8, 4) is 12.1 Å². The maximum absolute atomic E-state index is 12.2. The van der Waals surface area contributed by atoms with Crippen LogP contribution in [0.2, 0.25) is 0 Å². The van der Waals surface area contributed by atoms with Crippen LogP contribution in [-0.4, -0.2) is 36.0 Å². The quantitative estimate of drug-likeness (QED) is 0.424. The Bertz CT molecular complexity index is 863. The molecule has 0 aliphatic carbocycles. The van der Waals surface area contributed by atoms with Crippen LogP contribution >= 0.6 is 0 Å². The molecule has 3 N–H and O–H groups in total. The molecule has 1 aliphatic heterocycles. The van der Waals surface area contributed by atoms with Gasteiger partial charge in [0, 0.05) is 31.6 Å². The summed E-state index contributed by atoms with van der Waals surface area (Å²) in [7, 11) is 0. The van der Waals surface area contributed by atoms with E-state index in [9.17, 15) is 9.59 Å². The fraction of sp³-hybridized carbons (Fsp3) is 0.478. The molecule has 1 aromatic carbocycles. The third-order valence-corrected chi connectivity index (χ3v) is 5.32. The van der Waals surface area contributed by atoms with E-state index in [1.165, 1.54) is 5.56 Å². The third kappa shape index (κ3) is 7.02. The molecule has 158 valence electrons. The van der Waals surface area contributed by atoms with Crippen LogP contribution in [0.4, 0.5) is 5.69 Å². The summed E-state index contributed by atoms with van der Waals surface area (Å²) < 4.78 is 0. The van der Waals surface area contributed by atoms with Crippen LogP contribution in [0.25, 0.3) is 6.08 Å². The van der Waals surface area contributed by atoms with Gasteiger partial charge in [0.15, 0.2) is 0 Å². The monoisotopic (exact) mass is 408 g/mol. The molecule has 7 heteroatoms. The fourth-order valence-corrected chi connectivity index (χ4v) is 3.64. The van der Waals surface area contributed by atoms with E-state index in [1.807, 2.05) is 30.3 Å². The first-order chi connectivity index (χ1) is 14.4. The molecule has 1 aromatic rings. The molecule has 1 heterocycles. The smallest absolute Gasteiger partial charge is 0.320 e. The van der Waals surface area contributed by atoms with Gasteiger partial charge in [0.2, 0.25) is 0 Å². The van der Waals surface area contributed by atoms with Gasteiger partial charge in [-0.1, -0.05) is 18.9 Å². The standard InChI is InChI=1S/C23H28N4O3/c24-15-18(16-25)13-17-8-9-22-19(14-17)5-4-11-27(22)12-10-20(28)6-2-1-3-7-21(26)23(29)30/h8-9,13-14,21H,1-7,10-12,26H2,(H,29,30)/t21-/m1/s1. The molecule has 0 saturated heterocycles. The number of nitrogens with zero attached hydrogens (tertiary/aromatic N) is 3. The van der Waals surface area contributed by atoms with Crippen molar-refractivity contribution < 1.29 is 14.7 Å². The average Bonchev–Trinajstić information content (AvgIpc) is 2.75. The minimum atomic E-state index is -0.980. The van der Waals surface area contributed by atoms with Crippen molar-refractivity contribution in [2.24, 2.45) is 5.73 Å². The predicted octanol–water partition coefficient (Wildman–Crippen LogP) is 3.19. The Morgan fingerprint density at radius 3 is 2.67 bits per heavy atom. The lowest BCUT2D eigenvalue weighted by Crippen LogP contribution is -2.31. The summed E-state index contributed by atoms with van der Waals surface area (Å²) in [6, 6.07) is 8.85. The summed E-state index contributed by atoms with van der Waals surface area (Å²) in [6.07, 6.45) is 7.26. The van der Waals surface area contributed by atoms with Gasteiger partial charge in [-0.2, -0.15) is 10.5 Å². The second-order valence-corrected chi connectivity index (χ2v) is 7.59. The Labute approximate surface area is 177 Å². The molecule has 0 amide bonds. The number of hydrogen-bond donors (Lipinski definition) is 2. The molecule has 0 bridgehead atoms. The van der Waals surface area contributed by atoms with Crippen LogP contribution in [0.15, 0.2) is 23.8 Å². The summed E-state index contributed by atoms with van der Waals surface area (Å²) in [5, 5.41) is 26.6. The highest BCUT2D eigenvalue weighted by atomic mass is 16.4. The number of fused-ring (bicyclic) bond motifs is 1. The average molecular weight is 409 g/mol. The number of nitriles is 2. The number of aliphatic carboxylic acids is 1. The van der Waals surface area contributed by atoms with Crippen LogP contribution in [0, 0.1) is 22.7 Å².